The number of hydrogen-bond donors (Lipinski definition) is 1. The molecule has 94 valence electrons. The van der Waals surface area contributed by atoms with E-state index in [9.17, 15) is 0 Å². The van der Waals surface area contributed by atoms with Gasteiger partial charge >= 0.3 is 0 Å². The number of anilines is 1. The van der Waals surface area contributed by atoms with Crippen LogP contribution in [-0.4, -0.2) is 6.04 Å². The fraction of sp³-hybridized carbons (Fsp3) is 0.294. The van der Waals surface area contributed by atoms with Crippen molar-refractivity contribution >= 4 is 5.69 Å². The standard InChI is InChI=1S/C17H21N/c1-14-8-11-16(12-9-14)13-10-15(2)18-17-6-4-3-5-7-17/h3-9,11-12,15,18H,10,13H2,1-2H3. The molecular formula is C17H21N. The molecule has 0 heterocycles. The molecule has 2 aromatic carbocycles. The highest BCUT2D eigenvalue weighted by Gasteiger charge is 2.02. The van der Waals surface area contributed by atoms with Crippen molar-refractivity contribution in [1.29, 1.82) is 0 Å². The number of rotatable bonds is 5. The molecule has 0 aromatic heterocycles. The van der Waals surface area contributed by atoms with Crippen molar-refractivity contribution in [3.63, 3.8) is 0 Å². The van der Waals surface area contributed by atoms with Gasteiger partial charge < -0.3 is 5.32 Å². The van der Waals surface area contributed by atoms with Crippen LogP contribution >= 0.6 is 0 Å². The number of nitrogens with one attached hydrogen (secondary N) is 1. The van der Waals surface area contributed by atoms with E-state index >= 15 is 0 Å². The van der Waals surface area contributed by atoms with E-state index in [4.69, 9.17) is 0 Å². The van der Waals surface area contributed by atoms with Crippen molar-refractivity contribution in [1.82, 2.24) is 0 Å². The highest BCUT2D eigenvalue weighted by atomic mass is 14.9. The number of aryl methyl sites for hydroxylation is 2. The number of para-hydroxylation sites is 1. The Labute approximate surface area is 110 Å². The predicted octanol–water partition coefficient (Wildman–Crippen LogP) is 4.43. The van der Waals surface area contributed by atoms with E-state index in [0.717, 1.165) is 12.8 Å². The van der Waals surface area contributed by atoms with Gasteiger partial charge in [0.25, 0.3) is 0 Å². The highest BCUT2D eigenvalue weighted by Crippen LogP contribution is 2.12. The van der Waals surface area contributed by atoms with Crippen LogP contribution in [0.2, 0.25) is 0 Å². The van der Waals surface area contributed by atoms with E-state index in [0.29, 0.717) is 6.04 Å². The molecule has 0 bridgehead atoms. The Hall–Kier alpha value is -1.76. The van der Waals surface area contributed by atoms with Crippen LogP contribution in [0, 0.1) is 6.92 Å². The molecule has 0 aliphatic heterocycles. The minimum Gasteiger partial charge on any atom is -0.383 e. The van der Waals surface area contributed by atoms with Gasteiger partial charge in [-0.15, -0.1) is 0 Å². The molecule has 18 heavy (non-hydrogen) atoms. The second-order valence-electron chi connectivity index (χ2n) is 4.94. The van der Waals surface area contributed by atoms with Gasteiger partial charge in [0.2, 0.25) is 0 Å². The Kier molecular flexibility index (Phi) is 4.40. The van der Waals surface area contributed by atoms with Gasteiger partial charge in [-0.05, 0) is 44.4 Å². The molecule has 0 saturated carbocycles. The second-order valence-corrected chi connectivity index (χ2v) is 4.94. The smallest absolute Gasteiger partial charge is 0.0342 e. The van der Waals surface area contributed by atoms with Crippen LogP contribution in [0.3, 0.4) is 0 Å². The van der Waals surface area contributed by atoms with E-state index in [2.05, 4.69) is 67.7 Å². The lowest BCUT2D eigenvalue weighted by atomic mass is 10.0. The van der Waals surface area contributed by atoms with Gasteiger partial charge in [0.1, 0.15) is 0 Å². The summed E-state index contributed by atoms with van der Waals surface area (Å²) in [5.74, 6) is 0. The Morgan fingerprint density at radius 3 is 2.28 bits per heavy atom. The van der Waals surface area contributed by atoms with Crippen molar-refractivity contribution in [2.75, 3.05) is 5.32 Å². The fourth-order valence-electron chi connectivity index (χ4n) is 2.03. The molecule has 2 rings (SSSR count). The van der Waals surface area contributed by atoms with Crippen LogP contribution in [0.5, 0.6) is 0 Å². The lowest BCUT2D eigenvalue weighted by Gasteiger charge is -2.15. The third kappa shape index (κ3) is 3.92. The first-order valence-electron chi connectivity index (χ1n) is 6.61. The molecule has 1 unspecified atom stereocenters. The lowest BCUT2D eigenvalue weighted by Crippen LogP contribution is -2.15. The molecule has 0 amide bonds. The highest BCUT2D eigenvalue weighted by molar-refractivity contribution is 5.43. The summed E-state index contributed by atoms with van der Waals surface area (Å²) in [6.45, 7) is 4.37. The molecular weight excluding hydrogens is 218 g/mol. The van der Waals surface area contributed by atoms with Crippen LogP contribution in [0.15, 0.2) is 54.6 Å². The summed E-state index contributed by atoms with van der Waals surface area (Å²) in [4.78, 5) is 0. The van der Waals surface area contributed by atoms with E-state index < -0.39 is 0 Å². The van der Waals surface area contributed by atoms with Gasteiger partial charge in [-0.25, -0.2) is 0 Å². The number of hydrogen-bond acceptors (Lipinski definition) is 1. The van der Waals surface area contributed by atoms with Crippen molar-refractivity contribution in [3.05, 3.63) is 65.7 Å². The quantitative estimate of drug-likeness (QED) is 0.814. The summed E-state index contributed by atoms with van der Waals surface area (Å²) in [5, 5.41) is 3.52. The Morgan fingerprint density at radius 2 is 1.61 bits per heavy atom. The summed E-state index contributed by atoms with van der Waals surface area (Å²) in [7, 11) is 0. The summed E-state index contributed by atoms with van der Waals surface area (Å²) in [6, 6.07) is 19.7. The van der Waals surface area contributed by atoms with Gasteiger partial charge in [-0.2, -0.15) is 0 Å². The third-order valence-electron chi connectivity index (χ3n) is 3.17. The van der Waals surface area contributed by atoms with Crippen molar-refractivity contribution < 1.29 is 0 Å². The Balaban J connectivity index is 1.81. The molecule has 1 nitrogen and oxygen atoms in total. The lowest BCUT2D eigenvalue weighted by molar-refractivity contribution is 0.706. The van der Waals surface area contributed by atoms with Gasteiger partial charge in [0, 0.05) is 11.7 Å². The average Bonchev–Trinajstić information content (AvgIpc) is 2.39. The zero-order valence-corrected chi connectivity index (χ0v) is 11.2. The zero-order valence-electron chi connectivity index (χ0n) is 11.2. The first-order valence-corrected chi connectivity index (χ1v) is 6.61. The molecule has 0 radical (unpaired) electrons. The van der Waals surface area contributed by atoms with E-state index in [-0.39, 0.29) is 0 Å². The Morgan fingerprint density at radius 1 is 0.944 bits per heavy atom. The molecule has 1 atom stereocenters. The average molecular weight is 239 g/mol. The van der Waals surface area contributed by atoms with Crippen molar-refractivity contribution in [3.8, 4) is 0 Å². The topological polar surface area (TPSA) is 12.0 Å². The monoisotopic (exact) mass is 239 g/mol. The zero-order chi connectivity index (χ0) is 12.8. The number of benzene rings is 2. The van der Waals surface area contributed by atoms with E-state index in [1.807, 2.05) is 6.07 Å². The summed E-state index contributed by atoms with van der Waals surface area (Å²) in [6.07, 6.45) is 2.28. The SMILES string of the molecule is Cc1ccc(CCC(C)Nc2ccccc2)cc1. The molecule has 0 aliphatic rings. The normalized spacial score (nSPS) is 12.1. The van der Waals surface area contributed by atoms with Crippen LogP contribution in [0.4, 0.5) is 5.69 Å². The van der Waals surface area contributed by atoms with Crippen LogP contribution < -0.4 is 5.32 Å². The Bertz CT molecular complexity index is 459. The minimum atomic E-state index is 0.494. The minimum absolute atomic E-state index is 0.494. The molecule has 0 saturated heterocycles. The molecule has 0 spiro atoms. The molecule has 2 aromatic rings. The predicted molar refractivity (Wildman–Crippen MR) is 79.0 cm³/mol. The van der Waals surface area contributed by atoms with Gasteiger partial charge in [-0.3, -0.25) is 0 Å². The van der Waals surface area contributed by atoms with Gasteiger partial charge in [0.15, 0.2) is 0 Å². The summed E-state index contributed by atoms with van der Waals surface area (Å²) >= 11 is 0. The molecule has 1 heteroatoms. The maximum absolute atomic E-state index is 3.52. The van der Waals surface area contributed by atoms with E-state index in [1.165, 1.54) is 16.8 Å². The van der Waals surface area contributed by atoms with E-state index in [1.54, 1.807) is 0 Å². The molecule has 0 fully saturated rings. The molecule has 1 N–H and O–H groups in total. The van der Waals surface area contributed by atoms with Crippen LogP contribution in [-0.2, 0) is 6.42 Å². The van der Waals surface area contributed by atoms with Gasteiger partial charge in [-0.1, -0.05) is 48.0 Å². The van der Waals surface area contributed by atoms with Crippen LogP contribution in [0.25, 0.3) is 0 Å². The van der Waals surface area contributed by atoms with Crippen molar-refractivity contribution in [2.24, 2.45) is 0 Å². The second kappa shape index (κ2) is 6.25. The largest absolute Gasteiger partial charge is 0.383 e. The fourth-order valence-corrected chi connectivity index (χ4v) is 2.03. The van der Waals surface area contributed by atoms with Gasteiger partial charge in [0.05, 0.1) is 0 Å². The maximum atomic E-state index is 3.52. The summed E-state index contributed by atoms with van der Waals surface area (Å²) < 4.78 is 0. The van der Waals surface area contributed by atoms with Crippen molar-refractivity contribution in [2.45, 2.75) is 32.7 Å². The third-order valence-corrected chi connectivity index (χ3v) is 3.17. The summed E-state index contributed by atoms with van der Waals surface area (Å²) in [5.41, 5.74) is 3.95. The maximum Gasteiger partial charge on any atom is 0.0342 e. The first kappa shape index (κ1) is 12.7. The first-order chi connectivity index (χ1) is 8.74. The van der Waals surface area contributed by atoms with Crippen LogP contribution in [0.1, 0.15) is 24.5 Å². The molecule has 0 aliphatic carbocycles.